The molecule has 0 spiro atoms. The van der Waals surface area contributed by atoms with Gasteiger partial charge in [-0.1, -0.05) is 0 Å². The van der Waals surface area contributed by atoms with Crippen LogP contribution in [-0.4, -0.2) is 9.97 Å². The van der Waals surface area contributed by atoms with Crippen molar-refractivity contribution in [1.29, 1.82) is 21.0 Å². The van der Waals surface area contributed by atoms with E-state index in [1.165, 1.54) is 18.3 Å². The topological polar surface area (TPSA) is 125 Å². The fraction of sp³-hybridized carbons (Fsp3) is 0.0500. The van der Waals surface area contributed by atoms with Crippen LogP contribution in [0.25, 0.3) is 33.4 Å². The zero-order valence-electron chi connectivity index (χ0n) is 14.2. The number of hydrogen-bond donors (Lipinski definition) is 0. The number of benzene rings is 1. The monoisotopic (exact) mass is 348 g/mol. The molecular weight excluding hydrogens is 338 g/mol. The van der Waals surface area contributed by atoms with Gasteiger partial charge in [-0.05, 0) is 18.2 Å². The van der Waals surface area contributed by atoms with E-state index in [2.05, 4.69) is 9.97 Å². The predicted molar refractivity (Wildman–Crippen MR) is 94.7 cm³/mol. The summed E-state index contributed by atoms with van der Waals surface area (Å²) >= 11 is 0. The summed E-state index contributed by atoms with van der Waals surface area (Å²) in [6.07, 6.45) is 5.27. The van der Waals surface area contributed by atoms with Gasteiger partial charge in [0.2, 0.25) is 0 Å². The molecule has 124 valence electrons. The molecule has 0 saturated heterocycles. The van der Waals surface area contributed by atoms with E-state index in [1.54, 1.807) is 0 Å². The standard InChI is InChI=1S/C20H10N7/c1-27-6-2-3-13(12-27)18-11-25-19-16(14(7-21)8-22)4-5-17(20(19)26-18)15(9-23)10-24/h2-6,11-12H,1H3/q+1. The Hall–Kier alpha value is -4.59. The largest absolute Gasteiger partial charge is 0.252 e. The Labute approximate surface area is 154 Å². The minimum absolute atomic E-state index is 0.116. The number of aromatic nitrogens is 3. The highest BCUT2D eigenvalue weighted by molar-refractivity contribution is 5.88. The van der Waals surface area contributed by atoms with Gasteiger partial charge in [0.05, 0.1) is 28.5 Å². The first-order chi connectivity index (χ1) is 13.1. The van der Waals surface area contributed by atoms with Crippen molar-refractivity contribution >= 4 is 22.2 Å². The average molecular weight is 348 g/mol. The second-order valence-corrected chi connectivity index (χ2v) is 5.57. The van der Waals surface area contributed by atoms with Crippen molar-refractivity contribution < 1.29 is 4.57 Å². The summed E-state index contributed by atoms with van der Waals surface area (Å²) in [4.78, 5) is 8.97. The maximum absolute atomic E-state index is 9.26. The molecule has 0 radical (unpaired) electrons. The molecule has 0 aliphatic rings. The molecule has 0 N–H and O–H groups in total. The number of fused-ring (bicyclic) bond motifs is 1. The lowest BCUT2D eigenvalue weighted by Gasteiger charge is -2.04. The lowest BCUT2D eigenvalue weighted by molar-refractivity contribution is -0.671. The van der Waals surface area contributed by atoms with Crippen molar-refractivity contribution in [2.24, 2.45) is 7.05 Å². The second-order valence-electron chi connectivity index (χ2n) is 5.57. The molecule has 0 aliphatic heterocycles. The molecule has 0 atom stereocenters. The quantitative estimate of drug-likeness (QED) is 0.590. The van der Waals surface area contributed by atoms with Crippen LogP contribution in [0.1, 0.15) is 0 Å². The van der Waals surface area contributed by atoms with Crippen LogP contribution in [-0.2, 0) is 7.05 Å². The van der Waals surface area contributed by atoms with Crippen molar-refractivity contribution in [2.45, 2.75) is 0 Å². The Morgan fingerprint density at radius 3 is 2.04 bits per heavy atom. The van der Waals surface area contributed by atoms with Crippen molar-refractivity contribution in [3.8, 4) is 35.5 Å². The number of hydrogen-bond acceptors (Lipinski definition) is 6. The number of pyridine rings is 1. The molecule has 0 fully saturated rings. The Morgan fingerprint density at radius 2 is 1.48 bits per heavy atom. The van der Waals surface area contributed by atoms with Gasteiger partial charge < -0.3 is 0 Å². The van der Waals surface area contributed by atoms with Gasteiger partial charge in [-0.15, -0.1) is 0 Å². The van der Waals surface area contributed by atoms with Gasteiger partial charge in [0, 0.05) is 16.5 Å². The van der Waals surface area contributed by atoms with Crippen LogP contribution in [0, 0.1) is 45.3 Å². The van der Waals surface area contributed by atoms with E-state index in [-0.39, 0.29) is 22.2 Å². The first-order valence-electron chi connectivity index (χ1n) is 7.73. The van der Waals surface area contributed by atoms with Gasteiger partial charge in [-0.2, -0.15) is 21.0 Å². The molecule has 27 heavy (non-hydrogen) atoms. The molecule has 2 aromatic heterocycles. The van der Waals surface area contributed by atoms with Crippen LogP contribution in [0.4, 0.5) is 0 Å². The lowest BCUT2D eigenvalue weighted by atomic mass is 10.1. The minimum atomic E-state index is -0.118. The third-order valence-corrected chi connectivity index (χ3v) is 3.92. The summed E-state index contributed by atoms with van der Waals surface area (Å²) in [6.45, 7) is 0. The van der Waals surface area contributed by atoms with Gasteiger partial charge in [-0.3, -0.25) is 4.98 Å². The van der Waals surface area contributed by atoms with Crippen LogP contribution in [0.15, 0.2) is 42.9 Å². The Bertz CT molecular complexity index is 1340. The Morgan fingerprint density at radius 1 is 0.889 bits per heavy atom. The molecule has 0 bridgehead atoms. The number of aryl methyl sites for hydroxylation is 1. The van der Waals surface area contributed by atoms with Crippen LogP contribution < -0.4 is 15.0 Å². The van der Waals surface area contributed by atoms with E-state index < -0.39 is 0 Å². The van der Waals surface area contributed by atoms with Gasteiger partial charge in [0.15, 0.2) is 12.4 Å². The van der Waals surface area contributed by atoms with E-state index in [0.29, 0.717) is 16.1 Å². The third kappa shape index (κ3) is 3.05. The summed E-state index contributed by atoms with van der Waals surface area (Å²) in [6, 6.07) is 14.1. The summed E-state index contributed by atoms with van der Waals surface area (Å²) in [5, 5.41) is 37.5. The van der Waals surface area contributed by atoms with Crippen molar-refractivity contribution in [3.05, 3.63) is 53.3 Å². The number of nitrogens with zero attached hydrogens (tertiary/aromatic N) is 7. The highest BCUT2D eigenvalue weighted by atomic mass is 14.9. The zero-order chi connectivity index (χ0) is 19.4. The van der Waals surface area contributed by atoms with Gasteiger partial charge in [0.1, 0.15) is 42.5 Å². The molecule has 0 amide bonds. The Balaban J connectivity index is 2.54. The number of nitriles is 4. The molecule has 1 aromatic carbocycles. The maximum Gasteiger partial charge on any atom is 0.178 e. The second kappa shape index (κ2) is 7.11. The molecule has 0 aliphatic carbocycles. The van der Waals surface area contributed by atoms with E-state index in [0.717, 1.165) is 5.56 Å². The first kappa shape index (κ1) is 17.2. The maximum atomic E-state index is 9.26. The van der Waals surface area contributed by atoms with E-state index in [9.17, 15) is 21.0 Å². The van der Waals surface area contributed by atoms with E-state index in [1.807, 2.05) is 60.4 Å². The van der Waals surface area contributed by atoms with Crippen LogP contribution >= 0.6 is 0 Å². The van der Waals surface area contributed by atoms with Gasteiger partial charge in [-0.25, -0.2) is 9.55 Å². The van der Waals surface area contributed by atoms with Crippen molar-refractivity contribution in [1.82, 2.24) is 9.97 Å². The fourth-order valence-corrected chi connectivity index (χ4v) is 2.67. The smallest absolute Gasteiger partial charge is 0.178 e. The molecule has 3 rings (SSSR count). The predicted octanol–water partition coefficient (Wildman–Crippen LogP) is 0.517. The molecule has 0 unspecified atom stereocenters. The first-order valence-corrected chi connectivity index (χ1v) is 7.73. The number of rotatable bonds is 1. The highest BCUT2D eigenvalue weighted by Gasteiger charge is 2.11. The molecule has 3 aromatic rings. The molecule has 0 saturated carbocycles. The normalized spacial score (nSPS) is 9.52. The fourth-order valence-electron chi connectivity index (χ4n) is 2.67. The Kier molecular flexibility index (Phi) is 4.54. The molecular formula is C20H10N7+. The summed E-state index contributed by atoms with van der Waals surface area (Å²) in [5.74, 6) is 0. The lowest BCUT2D eigenvalue weighted by Crippen LogP contribution is -2.26. The van der Waals surface area contributed by atoms with Gasteiger partial charge >= 0.3 is 0 Å². The zero-order valence-corrected chi connectivity index (χ0v) is 14.2. The van der Waals surface area contributed by atoms with Crippen molar-refractivity contribution in [2.75, 3.05) is 0 Å². The average Bonchev–Trinajstić information content (AvgIpc) is 2.70. The van der Waals surface area contributed by atoms with Crippen LogP contribution in [0.2, 0.25) is 0 Å². The summed E-state index contributed by atoms with van der Waals surface area (Å²) in [5.41, 5.74) is 1.69. The SMILES string of the molecule is C[n+]1cccc(-c2cnc3c(=C(C#N)C#N)ccc(=C(C#N)C#N)c3n2)c1. The van der Waals surface area contributed by atoms with Crippen molar-refractivity contribution in [3.63, 3.8) is 0 Å². The van der Waals surface area contributed by atoms with Crippen LogP contribution in [0.3, 0.4) is 0 Å². The third-order valence-electron chi connectivity index (χ3n) is 3.92. The van der Waals surface area contributed by atoms with Crippen LogP contribution in [0.5, 0.6) is 0 Å². The summed E-state index contributed by atoms with van der Waals surface area (Å²) < 4.78 is 1.86. The highest BCUT2D eigenvalue weighted by Crippen LogP contribution is 2.15. The molecule has 2 heterocycles. The molecule has 7 heteroatoms. The van der Waals surface area contributed by atoms with Gasteiger partial charge in [0.25, 0.3) is 0 Å². The van der Waals surface area contributed by atoms with E-state index >= 15 is 0 Å². The molecule has 7 nitrogen and oxygen atoms in total. The minimum Gasteiger partial charge on any atom is -0.252 e. The van der Waals surface area contributed by atoms with E-state index in [4.69, 9.17) is 0 Å². The summed E-state index contributed by atoms with van der Waals surface area (Å²) in [7, 11) is 1.87.